The van der Waals surface area contributed by atoms with Crippen molar-refractivity contribution >= 4 is 15.3 Å². The average molecular weight is 388 g/mol. The van der Waals surface area contributed by atoms with Crippen LogP contribution in [0.2, 0.25) is 13.1 Å². The summed E-state index contributed by atoms with van der Waals surface area (Å²) in [6.45, 7) is 20.5. The summed E-state index contributed by atoms with van der Waals surface area (Å²) in [5, 5.41) is 0. The van der Waals surface area contributed by atoms with Gasteiger partial charge in [0.15, 0.2) is 0 Å². The Morgan fingerprint density at radius 2 is 1.59 bits per heavy atom. The highest BCUT2D eigenvalue weighted by Gasteiger charge is 2.38. The molecule has 1 aliphatic rings. The van der Waals surface area contributed by atoms with Gasteiger partial charge in [-0.05, 0) is 77.8 Å². The monoisotopic (exact) mass is 387 g/mol. The molecular weight excluding hydrogens is 348 g/mol. The number of aldehydes is 1. The fourth-order valence-electron chi connectivity index (χ4n) is 4.15. The molecule has 27 heavy (non-hydrogen) atoms. The van der Waals surface area contributed by atoms with E-state index in [0.29, 0.717) is 0 Å². The van der Waals surface area contributed by atoms with Crippen molar-refractivity contribution in [3.8, 4) is 0 Å². The third kappa shape index (κ3) is 5.32. The Balaban J connectivity index is 2.57. The molecule has 1 aromatic carbocycles. The van der Waals surface area contributed by atoms with E-state index in [1.54, 1.807) is 0 Å². The van der Waals surface area contributed by atoms with Crippen molar-refractivity contribution in [2.75, 3.05) is 0 Å². The van der Waals surface area contributed by atoms with Gasteiger partial charge in [0.25, 0.3) is 0 Å². The van der Waals surface area contributed by atoms with Crippen LogP contribution in [0.3, 0.4) is 0 Å². The molecule has 1 unspecified atom stereocenters. The molecule has 1 aliphatic carbocycles. The summed E-state index contributed by atoms with van der Waals surface area (Å²) in [7, 11) is -0.860. The van der Waals surface area contributed by atoms with E-state index in [4.69, 9.17) is 4.43 Å². The summed E-state index contributed by atoms with van der Waals surface area (Å²) in [6.07, 6.45) is 5.43. The number of hydrogen-bond acceptors (Lipinski definition) is 2. The molecule has 0 aromatic heterocycles. The fourth-order valence-corrected chi connectivity index (χ4v) is 4.97. The van der Waals surface area contributed by atoms with Crippen molar-refractivity contribution < 1.29 is 9.22 Å². The first-order chi connectivity index (χ1) is 12.3. The van der Waals surface area contributed by atoms with Crippen LogP contribution >= 0.6 is 0 Å². The second kappa shape index (κ2) is 7.83. The van der Waals surface area contributed by atoms with E-state index >= 15 is 0 Å². The van der Waals surface area contributed by atoms with Crippen LogP contribution in [0.1, 0.15) is 107 Å². The number of fused-ring (bicyclic) bond motifs is 1. The Morgan fingerprint density at radius 1 is 1.07 bits per heavy atom. The van der Waals surface area contributed by atoms with E-state index in [2.05, 4.69) is 73.7 Å². The summed E-state index contributed by atoms with van der Waals surface area (Å²) < 4.78 is 6.43. The number of benzene rings is 1. The van der Waals surface area contributed by atoms with Gasteiger partial charge in [-0.2, -0.15) is 0 Å². The van der Waals surface area contributed by atoms with Crippen molar-refractivity contribution in [1.82, 2.24) is 0 Å². The van der Waals surface area contributed by atoms with Crippen molar-refractivity contribution in [3.05, 3.63) is 34.4 Å². The lowest BCUT2D eigenvalue weighted by Gasteiger charge is -2.42. The number of hydrogen-bond donors (Lipinski definition) is 0. The van der Waals surface area contributed by atoms with E-state index in [1.807, 2.05) is 0 Å². The Hall–Kier alpha value is -0.933. The zero-order valence-corrected chi connectivity index (χ0v) is 20.0. The van der Waals surface area contributed by atoms with Crippen molar-refractivity contribution in [2.24, 2.45) is 5.41 Å². The molecule has 0 saturated carbocycles. The first kappa shape index (κ1) is 22.4. The van der Waals surface area contributed by atoms with Gasteiger partial charge >= 0.3 is 0 Å². The summed E-state index contributed by atoms with van der Waals surface area (Å²) in [6, 6.07) is 4.49. The van der Waals surface area contributed by atoms with Crippen LogP contribution < -0.4 is 0 Å². The van der Waals surface area contributed by atoms with Gasteiger partial charge < -0.3 is 4.43 Å². The Morgan fingerprint density at radius 3 is 2.04 bits per heavy atom. The maximum absolute atomic E-state index is 12.0. The van der Waals surface area contributed by atoms with Gasteiger partial charge in [-0.1, -0.05) is 54.5 Å². The topological polar surface area (TPSA) is 26.3 Å². The third-order valence-corrected chi connectivity index (χ3v) is 6.82. The van der Waals surface area contributed by atoms with Crippen LogP contribution in [-0.2, 0) is 15.3 Å². The molecule has 0 saturated heterocycles. The minimum absolute atomic E-state index is 0.0134. The average Bonchev–Trinajstić information content (AvgIpc) is 2.53. The molecule has 0 bridgehead atoms. The molecule has 1 radical (unpaired) electrons. The maximum atomic E-state index is 12.0. The zero-order chi connectivity index (χ0) is 20.6. The largest absolute Gasteiger partial charge is 0.410 e. The highest BCUT2D eigenvalue weighted by atomic mass is 28.3. The summed E-state index contributed by atoms with van der Waals surface area (Å²) in [5.74, 6) is 0. The fraction of sp³-hybridized carbons (Fsp3) is 0.708. The van der Waals surface area contributed by atoms with Crippen LogP contribution in [-0.4, -0.2) is 15.3 Å². The highest BCUT2D eigenvalue weighted by molar-refractivity contribution is 6.48. The lowest BCUT2D eigenvalue weighted by molar-refractivity contribution is 0.111. The van der Waals surface area contributed by atoms with Gasteiger partial charge in [0, 0.05) is 5.56 Å². The van der Waals surface area contributed by atoms with Crippen LogP contribution in [0.5, 0.6) is 0 Å². The second-order valence-corrected chi connectivity index (χ2v) is 13.1. The van der Waals surface area contributed by atoms with Gasteiger partial charge in [0.1, 0.15) is 6.29 Å². The standard InChI is InChI=1S/C24H39O2Si/c1-22(2,3)11-10-21(26-27(8)9)18-15-20-19(14-17(18)16-25)23(4,5)12-13-24(20,6)7/h14-16,21H,10-13H2,1-9H3. The first-order valence-electron chi connectivity index (χ1n) is 10.4. The van der Waals surface area contributed by atoms with Gasteiger partial charge in [-0.15, -0.1) is 0 Å². The smallest absolute Gasteiger partial charge is 0.205 e. The molecule has 1 atom stereocenters. The van der Waals surface area contributed by atoms with Crippen LogP contribution in [0.15, 0.2) is 12.1 Å². The SMILES string of the molecule is C[Si](C)OC(CCC(C)(C)C)c1cc2c(cc1C=O)C(C)(C)CCC2(C)C. The van der Waals surface area contributed by atoms with Gasteiger partial charge in [0.2, 0.25) is 9.04 Å². The zero-order valence-electron chi connectivity index (χ0n) is 19.0. The summed E-state index contributed by atoms with van der Waals surface area (Å²) in [4.78, 5) is 12.0. The lowest BCUT2D eigenvalue weighted by Crippen LogP contribution is -2.34. The number of carbonyl (C=O) groups excluding carboxylic acids is 1. The Labute approximate surface area is 168 Å². The van der Waals surface area contributed by atoms with Gasteiger partial charge in [-0.3, -0.25) is 4.79 Å². The minimum Gasteiger partial charge on any atom is -0.410 e. The summed E-state index contributed by atoms with van der Waals surface area (Å²) >= 11 is 0. The molecule has 2 rings (SSSR count). The molecule has 1 aromatic rings. The van der Waals surface area contributed by atoms with E-state index in [-0.39, 0.29) is 22.3 Å². The second-order valence-electron chi connectivity index (χ2n) is 11.0. The summed E-state index contributed by atoms with van der Waals surface area (Å²) in [5.41, 5.74) is 5.19. The Bertz CT molecular complexity index is 680. The molecule has 0 fully saturated rings. The molecule has 0 N–H and O–H groups in total. The van der Waals surface area contributed by atoms with Crippen molar-refractivity contribution in [2.45, 2.75) is 104 Å². The van der Waals surface area contributed by atoms with Gasteiger partial charge in [-0.25, -0.2) is 0 Å². The van der Waals surface area contributed by atoms with E-state index in [1.165, 1.54) is 17.5 Å². The first-order valence-corrected chi connectivity index (χ1v) is 12.8. The Kier molecular flexibility index (Phi) is 6.48. The van der Waals surface area contributed by atoms with Crippen molar-refractivity contribution in [1.29, 1.82) is 0 Å². The molecule has 0 amide bonds. The number of rotatable bonds is 6. The predicted molar refractivity (Wildman–Crippen MR) is 117 cm³/mol. The van der Waals surface area contributed by atoms with Crippen LogP contribution in [0.25, 0.3) is 0 Å². The normalized spacial score (nSPS) is 19.6. The minimum atomic E-state index is -0.860. The molecule has 0 heterocycles. The highest BCUT2D eigenvalue weighted by Crippen LogP contribution is 2.47. The van der Waals surface area contributed by atoms with Gasteiger partial charge in [0.05, 0.1) is 6.10 Å². The maximum Gasteiger partial charge on any atom is 0.205 e. The predicted octanol–water partition coefficient (Wildman–Crippen LogP) is 6.98. The lowest BCUT2D eigenvalue weighted by atomic mass is 9.62. The molecular formula is C24H39O2Si. The van der Waals surface area contributed by atoms with E-state index < -0.39 is 9.04 Å². The third-order valence-electron chi connectivity index (χ3n) is 6.06. The quantitative estimate of drug-likeness (QED) is 0.388. The van der Waals surface area contributed by atoms with Crippen molar-refractivity contribution in [3.63, 3.8) is 0 Å². The van der Waals surface area contributed by atoms with E-state index in [9.17, 15) is 4.79 Å². The molecule has 0 spiro atoms. The molecule has 0 aliphatic heterocycles. The molecule has 2 nitrogen and oxygen atoms in total. The van der Waals surface area contributed by atoms with Crippen LogP contribution in [0, 0.1) is 5.41 Å². The molecule has 151 valence electrons. The molecule has 3 heteroatoms. The van der Waals surface area contributed by atoms with Crippen LogP contribution in [0.4, 0.5) is 0 Å². The number of carbonyl (C=O) groups is 1. The van der Waals surface area contributed by atoms with E-state index in [0.717, 1.165) is 36.7 Å².